The summed E-state index contributed by atoms with van der Waals surface area (Å²) in [5, 5.41) is 3.35. The molecule has 0 bridgehead atoms. The molecule has 1 N–H and O–H groups in total. The van der Waals surface area contributed by atoms with Crippen LogP contribution in [0.25, 0.3) is 0 Å². The third-order valence-electron chi connectivity index (χ3n) is 2.19. The van der Waals surface area contributed by atoms with Gasteiger partial charge in [0.1, 0.15) is 5.76 Å². The number of hydrogen-bond acceptors (Lipinski definition) is 3. The Kier molecular flexibility index (Phi) is 6.09. The number of ether oxygens (including phenoxy) is 1. The second kappa shape index (κ2) is 7.09. The Balaban J connectivity index is 2.16. The van der Waals surface area contributed by atoms with Crippen molar-refractivity contribution in [1.29, 1.82) is 0 Å². The average molecular weight is 290 g/mol. The molecule has 0 aromatic carbocycles. The van der Waals surface area contributed by atoms with E-state index in [9.17, 15) is 0 Å². The van der Waals surface area contributed by atoms with Crippen LogP contribution >= 0.6 is 15.9 Å². The molecule has 1 heterocycles. The highest BCUT2D eigenvalue weighted by Gasteiger charge is 2.11. The summed E-state index contributed by atoms with van der Waals surface area (Å²) in [6, 6.07) is 2.11. The Hall–Kier alpha value is -0.320. The highest BCUT2D eigenvalue weighted by atomic mass is 79.9. The molecule has 0 spiro atoms. The van der Waals surface area contributed by atoms with Crippen LogP contribution in [0.4, 0.5) is 0 Å². The van der Waals surface area contributed by atoms with Gasteiger partial charge in [0, 0.05) is 13.2 Å². The molecule has 1 aromatic rings. The number of halogens is 1. The lowest BCUT2D eigenvalue weighted by Gasteiger charge is -2.12. The van der Waals surface area contributed by atoms with Crippen LogP contribution in [-0.4, -0.2) is 19.8 Å². The molecule has 3 nitrogen and oxygen atoms in total. The lowest BCUT2D eigenvalue weighted by molar-refractivity contribution is 0.110. The largest absolute Gasteiger partial charge is 0.466 e. The first-order chi connectivity index (χ1) is 7.61. The first kappa shape index (κ1) is 13.7. The molecular weight excluding hydrogens is 270 g/mol. The van der Waals surface area contributed by atoms with Crippen molar-refractivity contribution in [2.45, 2.75) is 26.8 Å². The molecule has 0 aliphatic rings. The molecule has 92 valence electrons. The maximum absolute atomic E-state index is 5.49. The maximum Gasteiger partial charge on any atom is 0.134 e. The third kappa shape index (κ3) is 4.68. The van der Waals surface area contributed by atoms with Crippen LogP contribution in [0, 0.1) is 5.92 Å². The smallest absolute Gasteiger partial charge is 0.134 e. The van der Waals surface area contributed by atoms with Gasteiger partial charge in [-0.3, -0.25) is 0 Å². The molecule has 1 unspecified atom stereocenters. The second-order valence-corrected chi connectivity index (χ2v) is 5.13. The Morgan fingerprint density at radius 1 is 1.44 bits per heavy atom. The zero-order valence-electron chi connectivity index (χ0n) is 10.1. The number of hydrogen-bond donors (Lipinski definition) is 1. The lowest BCUT2D eigenvalue weighted by Crippen LogP contribution is -2.23. The summed E-state index contributed by atoms with van der Waals surface area (Å²) in [6.45, 7) is 8.76. The molecular formula is C12H20BrNO2. The third-order valence-corrected chi connectivity index (χ3v) is 2.84. The van der Waals surface area contributed by atoms with Gasteiger partial charge in [0.25, 0.3) is 0 Å². The fourth-order valence-corrected chi connectivity index (χ4v) is 1.92. The summed E-state index contributed by atoms with van der Waals surface area (Å²) in [5.74, 6) is 1.53. The summed E-state index contributed by atoms with van der Waals surface area (Å²) < 4.78 is 11.9. The van der Waals surface area contributed by atoms with E-state index < -0.39 is 0 Å². The van der Waals surface area contributed by atoms with Gasteiger partial charge in [-0.1, -0.05) is 13.8 Å². The van der Waals surface area contributed by atoms with Gasteiger partial charge in [-0.15, -0.1) is 0 Å². The second-order valence-electron chi connectivity index (χ2n) is 4.28. The Morgan fingerprint density at radius 3 is 2.75 bits per heavy atom. The zero-order chi connectivity index (χ0) is 12.0. The monoisotopic (exact) mass is 289 g/mol. The predicted octanol–water partition coefficient (Wildman–Crippen LogP) is 3.37. The molecule has 16 heavy (non-hydrogen) atoms. The van der Waals surface area contributed by atoms with Crippen LogP contribution in [0.5, 0.6) is 0 Å². The summed E-state index contributed by atoms with van der Waals surface area (Å²) in [7, 11) is 0. The molecule has 1 rings (SSSR count). The topological polar surface area (TPSA) is 34.4 Å². The van der Waals surface area contributed by atoms with Crippen molar-refractivity contribution in [3.05, 3.63) is 22.6 Å². The van der Waals surface area contributed by atoms with E-state index in [4.69, 9.17) is 9.15 Å². The van der Waals surface area contributed by atoms with E-state index in [1.807, 2.05) is 6.07 Å². The molecule has 0 radical (unpaired) electrons. The van der Waals surface area contributed by atoms with Crippen LogP contribution < -0.4 is 5.32 Å². The van der Waals surface area contributed by atoms with E-state index in [0.29, 0.717) is 5.92 Å². The van der Waals surface area contributed by atoms with Crippen molar-refractivity contribution in [2.24, 2.45) is 5.92 Å². The summed E-state index contributed by atoms with van der Waals surface area (Å²) in [6.07, 6.45) is 1.69. The van der Waals surface area contributed by atoms with Gasteiger partial charge in [0.2, 0.25) is 0 Å². The van der Waals surface area contributed by atoms with Crippen LogP contribution in [0.2, 0.25) is 0 Å². The maximum atomic E-state index is 5.49. The van der Waals surface area contributed by atoms with Gasteiger partial charge in [0.15, 0.2) is 0 Å². The first-order valence-electron chi connectivity index (χ1n) is 5.65. The average Bonchev–Trinajstić information content (AvgIpc) is 2.63. The highest BCUT2D eigenvalue weighted by Crippen LogP contribution is 2.23. The van der Waals surface area contributed by atoms with Gasteiger partial charge in [-0.25, -0.2) is 0 Å². The Bertz CT molecular complexity index is 299. The summed E-state index contributed by atoms with van der Waals surface area (Å²) in [4.78, 5) is 0. The van der Waals surface area contributed by atoms with Gasteiger partial charge < -0.3 is 14.5 Å². The molecule has 1 atom stereocenters. The quantitative estimate of drug-likeness (QED) is 0.782. The van der Waals surface area contributed by atoms with E-state index in [-0.39, 0.29) is 6.04 Å². The van der Waals surface area contributed by atoms with Crippen molar-refractivity contribution in [2.75, 3.05) is 19.8 Å². The predicted molar refractivity (Wildman–Crippen MR) is 68.5 cm³/mol. The molecule has 0 amide bonds. The lowest BCUT2D eigenvalue weighted by atomic mass is 10.2. The van der Waals surface area contributed by atoms with Crippen LogP contribution in [0.3, 0.4) is 0 Å². The molecule has 0 fully saturated rings. The first-order valence-corrected chi connectivity index (χ1v) is 6.44. The molecule has 0 saturated heterocycles. The molecule has 0 aliphatic carbocycles. The Labute approximate surface area is 106 Å². The zero-order valence-corrected chi connectivity index (χ0v) is 11.7. The van der Waals surface area contributed by atoms with Crippen LogP contribution in [0.15, 0.2) is 21.2 Å². The minimum Gasteiger partial charge on any atom is -0.466 e. The van der Waals surface area contributed by atoms with Crippen LogP contribution in [0.1, 0.15) is 32.6 Å². The van der Waals surface area contributed by atoms with Crippen LogP contribution in [-0.2, 0) is 4.74 Å². The van der Waals surface area contributed by atoms with Gasteiger partial charge in [-0.05, 0) is 34.8 Å². The van der Waals surface area contributed by atoms with Gasteiger partial charge in [-0.2, -0.15) is 0 Å². The van der Waals surface area contributed by atoms with E-state index in [0.717, 1.165) is 30.0 Å². The molecule has 0 saturated carbocycles. The van der Waals surface area contributed by atoms with E-state index >= 15 is 0 Å². The van der Waals surface area contributed by atoms with Crippen molar-refractivity contribution in [3.8, 4) is 0 Å². The van der Waals surface area contributed by atoms with Crippen molar-refractivity contribution < 1.29 is 9.15 Å². The van der Waals surface area contributed by atoms with E-state index in [1.54, 1.807) is 6.26 Å². The standard InChI is InChI=1S/C12H20BrNO2/c1-9(2)8-15-7-5-14-10(3)12-11(13)4-6-16-12/h4,6,9-10,14H,5,7-8H2,1-3H3. The number of furan rings is 1. The van der Waals surface area contributed by atoms with E-state index in [1.165, 1.54) is 0 Å². The minimum absolute atomic E-state index is 0.201. The van der Waals surface area contributed by atoms with Crippen molar-refractivity contribution in [3.63, 3.8) is 0 Å². The number of nitrogens with one attached hydrogen (secondary N) is 1. The molecule has 0 aliphatic heterocycles. The minimum atomic E-state index is 0.201. The summed E-state index contributed by atoms with van der Waals surface area (Å²) >= 11 is 3.44. The van der Waals surface area contributed by atoms with Crippen molar-refractivity contribution >= 4 is 15.9 Å². The molecule has 4 heteroatoms. The fraction of sp³-hybridized carbons (Fsp3) is 0.667. The normalized spacial score (nSPS) is 13.3. The van der Waals surface area contributed by atoms with E-state index in [2.05, 4.69) is 42.0 Å². The SMILES string of the molecule is CC(C)COCCNC(C)c1occc1Br. The van der Waals surface area contributed by atoms with Gasteiger partial charge >= 0.3 is 0 Å². The van der Waals surface area contributed by atoms with Crippen molar-refractivity contribution in [1.82, 2.24) is 5.32 Å². The fourth-order valence-electron chi connectivity index (χ4n) is 1.37. The Morgan fingerprint density at radius 2 is 2.19 bits per heavy atom. The van der Waals surface area contributed by atoms with Gasteiger partial charge in [0.05, 0.1) is 23.4 Å². The summed E-state index contributed by atoms with van der Waals surface area (Å²) in [5.41, 5.74) is 0. The number of rotatable bonds is 7. The highest BCUT2D eigenvalue weighted by molar-refractivity contribution is 9.10. The molecule has 1 aromatic heterocycles.